The lowest BCUT2D eigenvalue weighted by Crippen LogP contribution is -2.49. The topological polar surface area (TPSA) is 75.6 Å². The van der Waals surface area contributed by atoms with Crippen LogP contribution in [0.4, 0.5) is 0 Å². The molecular weight excluding hydrogens is 368 g/mol. The fraction of sp³-hybridized carbons (Fsp3) is 0.316. The van der Waals surface area contributed by atoms with E-state index < -0.39 is 0 Å². The molecule has 0 saturated carbocycles. The number of rotatable bonds is 4. The zero-order valence-corrected chi connectivity index (χ0v) is 15.6. The van der Waals surface area contributed by atoms with Gasteiger partial charge in [-0.05, 0) is 37.3 Å². The molecule has 0 spiro atoms. The van der Waals surface area contributed by atoms with Crippen molar-refractivity contribution >= 4 is 17.5 Å². The highest BCUT2D eigenvalue weighted by Gasteiger charge is 2.28. The molecule has 1 aliphatic heterocycles. The number of carbonyl (C=O) groups is 1. The number of piperazine rings is 1. The van der Waals surface area contributed by atoms with Crippen molar-refractivity contribution in [2.24, 2.45) is 0 Å². The molecule has 7 nitrogen and oxygen atoms in total. The molecule has 0 aliphatic carbocycles. The molecule has 1 aromatic carbocycles. The van der Waals surface area contributed by atoms with Crippen LogP contribution in [0.3, 0.4) is 0 Å². The van der Waals surface area contributed by atoms with Crippen LogP contribution in [0.25, 0.3) is 11.5 Å². The quantitative estimate of drug-likeness (QED) is 0.683. The van der Waals surface area contributed by atoms with Crippen LogP contribution in [0.1, 0.15) is 29.4 Å². The first-order valence-corrected chi connectivity index (χ1v) is 9.16. The Balaban J connectivity index is 1.40. The Morgan fingerprint density at radius 1 is 1.15 bits per heavy atom. The molecule has 1 fully saturated rings. The third-order valence-corrected chi connectivity index (χ3v) is 4.99. The number of amides is 1. The predicted molar refractivity (Wildman–Crippen MR) is 99.3 cm³/mol. The van der Waals surface area contributed by atoms with Crippen LogP contribution in [-0.4, -0.2) is 52.1 Å². The maximum absolute atomic E-state index is 12.4. The molecule has 0 radical (unpaired) electrons. The highest BCUT2D eigenvalue weighted by atomic mass is 35.5. The van der Waals surface area contributed by atoms with Crippen molar-refractivity contribution in [3.05, 3.63) is 59.3 Å². The number of halogens is 1. The Kier molecular flexibility index (Phi) is 4.96. The second-order valence-corrected chi connectivity index (χ2v) is 6.87. The Labute approximate surface area is 161 Å². The van der Waals surface area contributed by atoms with Gasteiger partial charge in [-0.25, -0.2) is 0 Å². The normalized spacial score (nSPS) is 16.4. The van der Waals surface area contributed by atoms with Crippen LogP contribution in [0, 0.1) is 0 Å². The van der Waals surface area contributed by atoms with Crippen molar-refractivity contribution in [2.45, 2.75) is 13.0 Å². The van der Waals surface area contributed by atoms with E-state index in [-0.39, 0.29) is 11.9 Å². The van der Waals surface area contributed by atoms with Gasteiger partial charge < -0.3 is 13.7 Å². The Morgan fingerprint density at radius 2 is 1.96 bits per heavy atom. The lowest BCUT2D eigenvalue weighted by Gasteiger charge is -2.36. The summed E-state index contributed by atoms with van der Waals surface area (Å²) in [5.74, 6) is 1.30. The predicted octanol–water partition coefficient (Wildman–Crippen LogP) is 3.50. The Hall–Kier alpha value is -2.64. The molecule has 3 heterocycles. The zero-order chi connectivity index (χ0) is 18.8. The van der Waals surface area contributed by atoms with Crippen LogP contribution in [-0.2, 0) is 0 Å². The van der Waals surface area contributed by atoms with Crippen LogP contribution in [0.2, 0.25) is 5.02 Å². The van der Waals surface area contributed by atoms with Crippen LogP contribution in [0.5, 0.6) is 0 Å². The van der Waals surface area contributed by atoms with E-state index in [4.69, 9.17) is 20.4 Å². The van der Waals surface area contributed by atoms with E-state index in [1.807, 2.05) is 19.1 Å². The third-order valence-electron chi connectivity index (χ3n) is 4.75. The van der Waals surface area contributed by atoms with Gasteiger partial charge in [0.25, 0.3) is 5.91 Å². The molecule has 1 atom stereocenters. The van der Waals surface area contributed by atoms with Crippen molar-refractivity contribution in [3.63, 3.8) is 0 Å². The molecule has 2 aromatic heterocycles. The van der Waals surface area contributed by atoms with Gasteiger partial charge in [0.15, 0.2) is 5.76 Å². The maximum atomic E-state index is 12.4. The number of hydrogen-bond donors (Lipinski definition) is 0. The molecular formula is C19H19ClN4O3. The van der Waals surface area contributed by atoms with E-state index in [2.05, 4.69) is 15.1 Å². The molecule has 1 amide bonds. The minimum absolute atomic E-state index is 0.0358. The van der Waals surface area contributed by atoms with Crippen molar-refractivity contribution < 1.29 is 13.6 Å². The van der Waals surface area contributed by atoms with Crippen LogP contribution >= 0.6 is 11.6 Å². The summed E-state index contributed by atoms with van der Waals surface area (Å²) in [7, 11) is 0. The highest BCUT2D eigenvalue weighted by Crippen LogP contribution is 2.26. The van der Waals surface area contributed by atoms with Gasteiger partial charge in [-0.15, -0.1) is 10.2 Å². The summed E-state index contributed by atoms with van der Waals surface area (Å²) < 4.78 is 11.1. The van der Waals surface area contributed by atoms with E-state index >= 15 is 0 Å². The number of furan rings is 1. The van der Waals surface area contributed by atoms with E-state index in [1.165, 1.54) is 6.26 Å². The number of hydrogen-bond acceptors (Lipinski definition) is 6. The van der Waals surface area contributed by atoms with Gasteiger partial charge in [0.1, 0.15) is 0 Å². The fourth-order valence-corrected chi connectivity index (χ4v) is 3.36. The molecule has 0 unspecified atom stereocenters. The van der Waals surface area contributed by atoms with Crippen molar-refractivity contribution in [2.75, 3.05) is 26.2 Å². The van der Waals surface area contributed by atoms with Gasteiger partial charge in [-0.3, -0.25) is 9.69 Å². The van der Waals surface area contributed by atoms with Crippen LogP contribution < -0.4 is 0 Å². The second-order valence-electron chi connectivity index (χ2n) is 6.44. The number of nitrogens with zero attached hydrogens (tertiary/aromatic N) is 4. The second kappa shape index (κ2) is 7.54. The summed E-state index contributed by atoms with van der Waals surface area (Å²) in [4.78, 5) is 16.4. The van der Waals surface area contributed by atoms with Crippen molar-refractivity contribution in [1.82, 2.24) is 20.0 Å². The largest absolute Gasteiger partial charge is 0.459 e. The minimum atomic E-state index is -0.0756. The molecule has 1 aliphatic rings. The number of carbonyl (C=O) groups excluding carboxylic acids is 1. The molecule has 0 N–H and O–H groups in total. The van der Waals surface area contributed by atoms with Crippen LogP contribution in [0.15, 0.2) is 51.5 Å². The summed E-state index contributed by atoms with van der Waals surface area (Å²) in [6.45, 7) is 4.72. The van der Waals surface area contributed by atoms with E-state index in [1.54, 1.807) is 29.2 Å². The first kappa shape index (κ1) is 17.8. The van der Waals surface area contributed by atoms with E-state index in [9.17, 15) is 4.79 Å². The molecule has 0 bridgehead atoms. The maximum Gasteiger partial charge on any atom is 0.289 e. The van der Waals surface area contributed by atoms with Gasteiger partial charge in [0.2, 0.25) is 11.8 Å². The van der Waals surface area contributed by atoms with Gasteiger partial charge >= 0.3 is 0 Å². The minimum Gasteiger partial charge on any atom is -0.459 e. The molecule has 3 aromatic rings. The third kappa shape index (κ3) is 3.74. The number of aromatic nitrogens is 2. The molecule has 4 rings (SSSR count). The Morgan fingerprint density at radius 3 is 2.67 bits per heavy atom. The van der Waals surface area contributed by atoms with Gasteiger partial charge in [0.05, 0.1) is 12.3 Å². The standard InChI is InChI=1S/C19H19ClN4O3/c1-13(17-21-22-18(27-17)14-4-2-5-15(20)12-14)23-7-9-24(10-8-23)19(25)16-6-3-11-26-16/h2-6,11-13H,7-10H2,1H3/t13-/m1/s1. The summed E-state index contributed by atoms with van der Waals surface area (Å²) in [6, 6.07) is 10.7. The Bertz CT molecular complexity index is 917. The van der Waals surface area contributed by atoms with Gasteiger partial charge in [-0.1, -0.05) is 17.7 Å². The average Bonchev–Trinajstić information content (AvgIpc) is 3.39. The summed E-state index contributed by atoms with van der Waals surface area (Å²) in [6.07, 6.45) is 1.51. The van der Waals surface area contributed by atoms with E-state index in [0.29, 0.717) is 35.7 Å². The molecule has 8 heteroatoms. The molecule has 140 valence electrons. The van der Waals surface area contributed by atoms with Gasteiger partial charge in [0, 0.05) is 36.8 Å². The van der Waals surface area contributed by atoms with Gasteiger partial charge in [-0.2, -0.15) is 0 Å². The van der Waals surface area contributed by atoms with E-state index in [0.717, 1.165) is 18.7 Å². The first-order valence-electron chi connectivity index (χ1n) is 8.78. The summed E-state index contributed by atoms with van der Waals surface area (Å²) in [5.41, 5.74) is 0.794. The molecule has 1 saturated heterocycles. The first-order chi connectivity index (χ1) is 13.1. The monoisotopic (exact) mass is 386 g/mol. The fourth-order valence-electron chi connectivity index (χ4n) is 3.17. The summed E-state index contributed by atoms with van der Waals surface area (Å²) >= 11 is 6.03. The lowest BCUT2D eigenvalue weighted by atomic mass is 10.2. The average molecular weight is 387 g/mol. The smallest absolute Gasteiger partial charge is 0.289 e. The number of benzene rings is 1. The lowest BCUT2D eigenvalue weighted by molar-refractivity contribution is 0.0531. The molecule has 27 heavy (non-hydrogen) atoms. The van der Waals surface area contributed by atoms with Crippen molar-refractivity contribution in [3.8, 4) is 11.5 Å². The summed E-state index contributed by atoms with van der Waals surface area (Å²) in [5, 5.41) is 8.96. The SMILES string of the molecule is C[C@H](c1nnc(-c2cccc(Cl)c2)o1)N1CCN(C(=O)c2ccco2)CC1. The van der Waals surface area contributed by atoms with Crippen molar-refractivity contribution in [1.29, 1.82) is 0 Å². The zero-order valence-electron chi connectivity index (χ0n) is 14.8. The highest BCUT2D eigenvalue weighted by molar-refractivity contribution is 6.30.